The first kappa shape index (κ1) is 12.9. The van der Waals surface area contributed by atoms with Crippen LogP contribution in [0.15, 0.2) is 42.6 Å². The fourth-order valence-corrected chi connectivity index (χ4v) is 1.73. The van der Waals surface area contributed by atoms with Gasteiger partial charge in [0.15, 0.2) is 0 Å². The van der Waals surface area contributed by atoms with E-state index in [1.54, 1.807) is 34.9 Å². The monoisotopic (exact) mass is 257 g/mol. The molecule has 0 saturated heterocycles. The van der Waals surface area contributed by atoms with Crippen LogP contribution in [0, 0.1) is 0 Å². The number of aryl methyl sites for hydroxylation is 1. The summed E-state index contributed by atoms with van der Waals surface area (Å²) in [5.41, 5.74) is 1.97. The molecule has 0 saturated carbocycles. The molecule has 0 fully saturated rings. The minimum Gasteiger partial charge on any atom is -0.347 e. The number of aromatic nitrogens is 1. The molecule has 2 N–H and O–H groups in total. The van der Waals surface area contributed by atoms with Gasteiger partial charge in [0, 0.05) is 31.5 Å². The Balaban J connectivity index is 2.06. The highest BCUT2D eigenvalue weighted by Crippen LogP contribution is 2.14. The highest BCUT2D eigenvalue weighted by molar-refractivity contribution is 6.03. The highest BCUT2D eigenvalue weighted by Gasteiger charge is 2.08. The highest BCUT2D eigenvalue weighted by atomic mass is 16.2. The number of nitrogens with zero attached hydrogens (tertiary/aromatic N) is 1. The van der Waals surface area contributed by atoms with Crippen LogP contribution in [0.4, 0.5) is 11.4 Å². The van der Waals surface area contributed by atoms with Gasteiger partial charge in [-0.25, -0.2) is 0 Å². The molecule has 1 heterocycles. The van der Waals surface area contributed by atoms with E-state index < -0.39 is 0 Å². The lowest BCUT2D eigenvalue weighted by Gasteiger charge is -2.07. The Morgan fingerprint density at radius 1 is 1.00 bits per heavy atom. The first-order valence-electron chi connectivity index (χ1n) is 5.86. The van der Waals surface area contributed by atoms with Crippen molar-refractivity contribution >= 4 is 23.2 Å². The second kappa shape index (κ2) is 5.39. The summed E-state index contributed by atoms with van der Waals surface area (Å²) < 4.78 is 1.75. The molecule has 0 bridgehead atoms. The van der Waals surface area contributed by atoms with E-state index in [4.69, 9.17) is 0 Å². The van der Waals surface area contributed by atoms with Gasteiger partial charge in [-0.3, -0.25) is 9.59 Å². The minimum absolute atomic E-state index is 0.124. The normalized spacial score (nSPS) is 10.0. The molecule has 1 aromatic heterocycles. The fourth-order valence-electron chi connectivity index (χ4n) is 1.73. The summed E-state index contributed by atoms with van der Waals surface area (Å²) in [6.07, 6.45) is 1.81. The quantitative estimate of drug-likeness (QED) is 0.885. The van der Waals surface area contributed by atoms with Crippen molar-refractivity contribution in [1.29, 1.82) is 0 Å². The lowest BCUT2D eigenvalue weighted by atomic mass is 10.2. The second-order valence-corrected chi connectivity index (χ2v) is 4.22. The van der Waals surface area contributed by atoms with Gasteiger partial charge >= 0.3 is 0 Å². The summed E-state index contributed by atoms with van der Waals surface area (Å²) in [6.45, 7) is 1.45. The van der Waals surface area contributed by atoms with Crippen molar-refractivity contribution in [3.63, 3.8) is 0 Å². The lowest BCUT2D eigenvalue weighted by Crippen LogP contribution is -2.15. The average molecular weight is 257 g/mol. The van der Waals surface area contributed by atoms with Gasteiger partial charge in [0.2, 0.25) is 5.91 Å². The molecule has 0 atom stereocenters. The van der Waals surface area contributed by atoms with Crippen LogP contribution >= 0.6 is 0 Å². The van der Waals surface area contributed by atoms with Gasteiger partial charge in [-0.15, -0.1) is 0 Å². The predicted molar refractivity (Wildman–Crippen MR) is 74.1 cm³/mol. The molecule has 2 rings (SSSR count). The van der Waals surface area contributed by atoms with Gasteiger partial charge in [0.05, 0.1) is 0 Å². The molecule has 0 aliphatic heterocycles. The smallest absolute Gasteiger partial charge is 0.272 e. The number of hydrogen-bond acceptors (Lipinski definition) is 2. The third-order valence-electron chi connectivity index (χ3n) is 2.64. The second-order valence-electron chi connectivity index (χ2n) is 4.22. The Morgan fingerprint density at radius 3 is 2.05 bits per heavy atom. The molecule has 19 heavy (non-hydrogen) atoms. The number of benzene rings is 1. The van der Waals surface area contributed by atoms with Crippen LogP contribution in [0.1, 0.15) is 17.4 Å². The van der Waals surface area contributed by atoms with Gasteiger partial charge in [0.25, 0.3) is 5.91 Å². The van der Waals surface area contributed by atoms with E-state index >= 15 is 0 Å². The molecule has 1 aromatic carbocycles. The van der Waals surface area contributed by atoms with E-state index in [9.17, 15) is 9.59 Å². The molecule has 0 spiro atoms. The van der Waals surface area contributed by atoms with Crippen molar-refractivity contribution in [2.24, 2.45) is 7.05 Å². The van der Waals surface area contributed by atoms with Crippen molar-refractivity contribution in [3.8, 4) is 0 Å². The number of carbonyl (C=O) groups excluding carboxylic acids is 2. The summed E-state index contributed by atoms with van der Waals surface area (Å²) in [4.78, 5) is 22.8. The lowest BCUT2D eigenvalue weighted by molar-refractivity contribution is -0.114. The van der Waals surface area contributed by atoms with E-state index in [2.05, 4.69) is 10.6 Å². The summed E-state index contributed by atoms with van der Waals surface area (Å²) in [5, 5.41) is 5.46. The van der Waals surface area contributed by atoms with Gasteiger partial charge in [-0.05, 0) is 36.4 Å². The first-order chi connectivity index (χ1) is 9.06. The summed E-state index contributed by atoms with van der Waals surface area (Å²) in [6, 6.07) is 10.5. The average Bonchev–Trinajstić information content (AvgIpc) is 2.77. The van der Waals surface area contributed by atoms with Crippen LogP contribution in [0.2, 0.25) is 0 Å². The molecular formula is C14H15N3O2. The van der Waals surface area contributed by atoms with E-state index in [0.29, 0.717) is 17.1 Å². The number of anilines is 2. The number of rotatable bonds is 3. The summed E-state index contributed by atoms with van der Waals surface area (Å²) >= 11 is 0. The van der Waals surface area contributed by atoms with Crippen LogP contribution in [0.3, 0.4) is 0 Å². The number of hydrogen-bond donors (Lipinski definition) is 2. The molecule has 5 heteroatoms. The Morgan fingerprint density at radius 2 is 1.58 bits per heavy atom. The maximum absolute atomic E-state index is 12.0. The maximum atomic E-state index is 12.0. The van der Waals surface area contributed by atoms with Crippen molar-refractivity contribution < 1.29 is 9.59 Å². The first-order valence-corrected chi connectivity index (χ1v) is 5.86. The molecule has 0 radical (unpaired) electrons. The zero-order valence-electron chi connectivity index (χ0n) is 10.8. The number of nitrogens with one attached hydrogen (secondary N) is 2. The molecule has 0 aliphatic carbocycles. The van der Waals surface area contributed by atoms with Crippen molar-refractivity contribution in [3.05, 3.63) is 48.3 Å². The Hall–Kier alpha value is -2.56. The van der Waals surface area contributed by atoms with Crippen molar-refractivity contribution in [2.75, 3.05) is 10.6 Å². The van der Waals surface area contributed by atoms with Gasteiger partial charge in [-0.2, -0.15) is 0 Å². The Kier molecular flexibility index (Phi) is 3.66. The number of amides is 2. The third-order valence-corrected chi connectivity index (χ3v) is 2.64. The molecule has 0 unspecified atom stereocenters. The standard InChI is InChI=1S/C14H15N3O2/c1-10(18)15-11-5-7-12(8-6-11)16-14(19)13-4-3-9-17(13)2/h3-9H,1-2H3,(H,15,18)(H,16,19). The number of carbonyl (C=O) groups is 2. The molecule has 2 aromatic rings. The minimum atomic E-state index is -0.167. The van der Waals surface area contributed by atoms with Crippen molar-refractivity contribution in [2.45, 2.75) is 6.92 Å². The molecule has 98 valence electrons. The van der Waals surface area contributed by atoms with Crippen LogP contribution in [0.25, 0.3) is 0 Å². The predicted octanol–water partition coefficient (Wildman–Crippen LogP) is 2.24. The van der Waals surface area contributed by atoms with E-state index in [1.807, 2.05) is 19.3 Å². The molecular weight excluding hydrogens is 242 g/mol. The van der Waals surface area contributed by atoms with E-state index in [-0.39, 0.29) is 11.8 Å². The van der Waals surface area contributed by atoms with Crippen LogP contribution in [-0.4, -0.2) is 16.4 Å². The van der Waals surface area contributed by atoms with Crippen molar-refractivity contribution in [1.82, 2.24) is 4.57 Å². The topological polar surface area (TPSA) is 63.1 Å². The fraction of sp³-hybridized carbons (Fsp3) is 0.143. The SMILES string of the molecule is CC(=O)Nc1ccc(NC(=O)c2cccn2C)cc1. The van der Waals surface area contributed by atoms with E-state index in [1.165, 1.54) is 6.92 Å². The zero-order chi connectivity index (χ0) is 13.8. The summed E-state index contributed by atoms with van der Waals surface area (Å²) in [7, 11) is 1.81. The van der Waals surface area contributed by atoms with Crippen LogP contribution < -0.4 is 10.6 Å². The van der Waals surface area contributed by atoms with Gasteiger partial charge in [-0.1, -0.05) is 0 Å². The van der Waals surface area contributed by atoms with Crippen LogP contribution in [-0.2, 0) is 11.8 Å². The Labute approximate surface area is 111 Å². The molecule has 5 nitrogen and oxygen atoms in total. The Bertz CT molecular complexity index is 599. The summed E-state index contributed by atoms with van der Waals surface area (Å²) in [5.74, 6) is -0.291. The molecule has 0 aliphatic rings. The van der Waals surface area contributed by atoms with Gasteiger partial charge < -0.3 is 15.2 Å². The third kappa shape index (κ3) is 3.22. The van der Waals surface area contributed by atoms with E-state index in [0.717, 1.165) is 0 Å². The van der Waals surface area contributed by atoms with Gasteiger partial charge in [0.1, 0.15) is 5.69 Å². The largest absolute Gasteiger partial charge is 0.347 e. The zero-order valence-corrected chi connectivity index (χ0v) is 10.8. The molecule has 2 amide bonds. The van der Waals surface area contributed by atoms with Crippen LogP contribution in [0.5, 0.6) is 0 Å². The maximum Gasteiger partial charge on any atom is 0.272 e.